The van der Waals surface area contributed by atoms with Crippen LogP contribution in [0.2, 0.25) is 0 Å². The van der Waals surface area contributed by atoms with E-state index in [2.05, 4.69) is 21.8 Å². The standard InChI is InChI=1S/C19H26N4O4S/c1-4-20-28(25,26)18-10-14(7-8-17(18)27-3)15-11-16(22-21-15)19(24)23-9-5-6-13(2)12-23/h7-8,10-11,13,20H,4-6,9,12H2,1-3H3,(H,21,22). The fourth-order valence-electron chi connectivity index (χ4n) is 3.44. The van der Waals surface area contributed by atoms with Crippen LogP contribution in [0.4, 0.5) is 0 Å². The highest BCUT2D eigenvalue weighted by Gasteiger charge is 2.24. The number of methoxy groups -OCH3 is 1. The summed E-state index contributed by atoms with van der Waals surface area (Å²) >= 11 is 0. The normalized spacial score (nSPS) is 17.5. The topological polar surface area (TPSA) is 104 Å². The minimum absolute atomic E-state index is 0.0371. The van der Waals surface area contributed by atoms with Gasteiger partial charge in [0.25, 0.3) is 5.91 Å². The molecule has 2 N–H and O–H groups in total. The van der Waals surface area contributed by atoms with Crippen LogP contribution < -0.4 is 9.46 Å². The van der Waals surface area contributed by atoms with Crippen LogP contribution in [-0.4, -0.2) is 56.2 Å². The molecule has 1 saturated heterocycles. The van der Waals surface area contributed by atoms with Crippen LogP contribution in [0.3, 0.4) is 0 Å². The Morgan fingerprint density at radius 1 is 1.39 bits per heavy atom. The molecule has 2 heterocycles. The van der Waals surface area contributed by atoms with E-state index in [-0.39, 0.29) is 23.1 Å². The van der Waals surface area contributed by atoms with Gasteiger partial charge in [0, 0.05) is 25.2 Å². The van der Waals surface area contributed by atoms with Gasteiger partial charge in [-0.15, -0.1) is 0 Å². The highest BCUT2D eigenvalue weighted by molar-refractivity contribution is 7.89. The third-order valence-corrected chi connectivity index (χ3v) is 6.40. The maximum Gasteiger partial charge on any atom is 0.271 e. The lowest BCUT2D eigenvalue weighted by molar-refractivity contribution is 0.0677. The van der Waals surface area contributed by atoms with Crippen molar-refractivity contribution in [3.63, 3.8) is 0 Å². The number of aromatic nitrogens is 2. The average molecular weight is 407 g/mol. The molecule has 0 spiro atoms. The molecule has 1 aromatic heterocycles. The predicted octanol–water partition coefficient (Wildman–Crippen LogP) is 2.26. The minimum atomic E-state index is -3.70. The van der Waals surface area contributed by atoms with Crippen molar-refractivity contribution in [1.29, 1.82) is 0 Å². The molecule has 9 heteroatoms. The van der Waals surface area contributed by atoms with Crippen LogP contribution in [-0.2, 0) is 10.0 Å². The van der Waals surface area contributed by atoms with Crippen LogP contribution in [0.15, 0.2) is 29.2 Å². The molecule has 0 aliphatic carbocycles. The van der Waals surface area contributed by atoms with Crippen LogP contribution >= 0.6 is 0 Å². The van der Waals surface area contributed by atoms with E-state index in [0.29, 0.717) is 22.9 Å². The number of piperidine rings is 1. The molecule has 0 radical (unpaired) electrons. The Hall–Kier alpha value is -2.39. The molecule has 1 aromatic carbocycles. The summed E-state index contributed by atoms with van der Waals surface area (Å²) in [6, 6.07) is 6.47. The molecule has 1 atom stereocenters. The maximum absolute atomic E-state index is 12.7. The first kappa shape index (κ1) is 20.3. The van der Waals surface area contributed by atoms with E-state index in [4.69, 9.17) is 4.74 Å². The van der Waals surface area contributed by atoms with Crippen LogP contribution in [0.1, 0.15) is 37.2 Å². The Morgan fingerprint density at radius 2 is 2.18 bits per heavy atom. The van der Waals surface area contributed by atoms with E-state index in [9.17, 15) is 13.2 Å². The number of carbonyl (C=O) groups excluding carboxylic acids is 1. The number of rotatable bonds is 6. The second-order valence-corrected chi connectivity index (χ2v) is 8.77. The van der Waals surface area contributed by atoms with Crippen molar-refractivity contribution in [2.24, 2.45) is 5.92 Å². The lowest BCUT2D eigenvalue weighted by Crippen LogP contribution is -2.39. The quantitative estimate of drug-likeness (QED) is 0.766. The number of ether oxygens (including phenoxy) is 1. The van der Waals surface area contributed by atoms with Gasteiger partial charge in [0.1, 0.15) is 16.3 Å². The Labute approximate surface area is 165 Å². The smallest absolute Gasteiger partial charge is 0.271 e. The maximum atomic E-state index is 12.7. The molecule has 2 aromatic rings. The van der Waals surface area contributed by atoms with Crippen LogP contribution in [0.5, 0.6) is 5.75 Å². The van der Waals surface area contributed by atoms with Gasteiger partial charge in [-0.3, -0.25) is 9.89 Å². The number of nitrogens with one attached hydrogen (secondary N) is 2. The second-order valence-electron chi connectivity index (χ2n) is 7.03. The van der Waals surface area contributed by atoms with Gasteiger partial charge >= 0.3 is 0 Å². The number of hydrogen-bond donors (Lipinski definition) is 2. The van der Waals surface area contributed by atoms with Crippen molar-refractivity contribution in [1.82, 2.24) is 19.8 Å². The zero-order valence-electron chi connectivity index (χ0n) is 16.4. The summed E-state index contributed by atoms with van der Waals surface area (Å²) in [5, 5.41) is 7.01. The van der Waals surface area contributed by atoms with E-state index >= 15 is 0 Å². The fourth-order valence-corrected chi connectivity index (χ4v) is 4.67. The molecule has 0 saturated carbocycles. The first-order valence-electron chi connectivity index (χ1n) is 9.38. The number of hydrogen-bond acceptors (Lipinski definition) is 5. The van der Waals surface area contributed by atoms with Gasteiger partial charge in [-0.25, -0.2) is 13.1 Å². The molecule has 1 unspecified atom stereocenters. The zero-order chi connectivity index (χ0) is 20.3. The van der Waals surface area contributed by atoms with Gasteiger partial charge < -0.3 is 9.64 Å². The number of amides is 1. The summed E-state index contributed by atoms with van der Waals surface area (Å²) < 4.78 is 32.6. The third-order valence-electron chi connectivity index (χ3n) is 4.84. The van der Waals surface area contributed by atoms with E-state index < -0.39 is 10.0 Å². The van der Waals surface area contributed by atoms with E-state index in [1.165, 1.54) is 13.2 Å². The molecule has 0 bridgehead atoms. The van der Waals surface area contributed by atoms with Gasteiger partial charge in [-0.05, 0) is 43.0 Å². The SMILES string of the molecule is CCNS(=O)(=O)c1cc(-c2cc(C(=O)N3CCCC(C)C3)[nH]n2)ccc1OC. The number of carbonyl (C=O) groups is 1. The first-order valence-corrected chi connectivity index (χ1v) is 10.9. The minimum Gasteiger partial charge on any atom is -0.495 e. The van der Waals surface area contributed by atoms with Gasteiger partial charge in [0.2, 0.25) is 10.0 Å². The molecule has 3 rings (SSSR count). The van der Waals surface area contributed by atoms with Gasteiger partial charge in [0.05, 0.1) is 12.8 Å². The van der Waals surface area contributed by atoms with Crippen molar-refractivity contribution in [2.45, 2.75) is 31.6 Å². The Kier molecular flexibility index (Phi) is 6.04. The summed E-state index contributed by atoms with van der Waals surface area (Å²) in [4.78, 5) is 14.6. The zero-order valence-corrected chi connectivity index (χ0v) is 17.2. The molecule has 152 valence electrons. The average Bonchev–Trinajstić information content (AvgIpc) is 3.17. The number of likely N-dealkylation sites (tertiary alicyclic amines) is 1. The van der Waals surface area contributed by atoms with Gasteiger partial charge in [0.15, 0.2) is 0 Å². The largest absolute Gasteiger partial charge is 0.495 e. The monoisotopic (exact) mass is 406 g/mol. The van der Waals surface area contributed by atoms with Crippen molar-refractivity contribution in [2.75, 3.05) is 26.7 Å². The first-order chi connectivity index (χ1) is 13.4. The Bertz CT molecular complexity index is 955. The molecule has 8 nitrogen and oxygen atoms in total. The molecule has 1 aliphatic rings. The van der Waals surface area contributed by atoms with Crippen molar-refractivity contribution < 1.29 is 17.9 Å². The number of H-pyrrole nitrogens is 1. The van der Waals surface area contributed by atoms with Crippen LogP contribution in [0.25, 0.3) is 11.3 Å². The fraction of sp³-hybridized carbons (Fsp3) is 0.474. The van der Waals surface area contributed by atoms with Gasteiger partial charge in [-0.1, -0.05) is 13.8 Å². The third kappa shape index (κ3) is 4.20. The molecule has 1 amide bonds. The summed E-state index contributed by atoms with van der Waals surface area (Å²) in [6.07, 6.45) is 2.13. The van der Waals surface area contributed by atoms with Crippen LogP contribution in [0, 0.1) is 5.92 Å². The number of aromatic amines is 1. The highest BCUT2D eigenvalue weighted by Crippen LogP contribution is 2.29. The number of sulfonamides is 1. The molecule has 1 aliphatic heterocycles. The Balaban J connectivity index is 1.90. The van der Waals surface area contributed by atoms with Crippen molar-refractivity contribution in [3.8, 4) is 17.0 Å². The van der Waals surface area contributed by atoms with Crippen molar-refractivity contribution in [3.05, 3.63) is 30.0 Å². The molecule has 28 heavy (non-hydrogen) atoms. The lowest BCUT2D eigenvalue weighted by atomic mass is 10.00. The number of benzene rings is 1. The number of nitrogens with zero attached hydrogens (tertiary/aromatic N) is 2. The highest BCUT2D eigenvalue weighted by atomic mass is 32.2. The molecular weight excluding hydrogens is 380 g/mol. The summed E-state index contributed by atoms with van der Waals surface area (Å²) in [6.45, 7) is 5.60. The molecular formula is C19H26N4O4S. The summed E-state index contributed by atoms with van der Waals surface area (Å²) in [5.41, 5.74) is 1.49. The summed E-state index contributed by atoms with van der Waals surface area (Å²) in [5.74, 6) is 0.652. The lowest BCUT2D eigenvalue weighted by Gasteiger charge is -2.30. The predicted molar refractivity (Wildman–Crippen MR) is 106 cm³/mol. The van der Waals surface area contributed by atoms with Gasteiger partial charge in [-0.2, -0.15) is 5.10 Å². The summed E-state index contributed by atoms with van der Waals surface area (Å²) in [7, 11) is -2.28. The molecule has 1 fully saturated rings. The second kappa shape index (κ2) is 8.32. The van der Waals surface area contributed by atoms with E-state index in [1.807, 2.05) is 4.90 Å². The Morgan fingerprint density at radius 3 is 2.86 bits per heavy atom. The van der Waals surface area contributed by atoms with Crippen molar-refractivity contribution >= 4 is 15.9 Å². The van der Waals surface area contributed by atoms with E-state index in [1.54, 1.807) is 25.1 Å². The van der Waals surface area contributed by atoms with E-state index in [0.717, 1.165) is 25.9 Å².